The summed E-state index contributed by atoms with van der Waals surface area (Å²) >= 11 is 3.00. The molecule has 0 aromatic rings. The van der Waals surface area contributed by atoms with Crippen molar-refractivity contribution in [3.63, 3.8) is 0 Å². The minimum absolute atomic E-state index is 0.0671. The number of rotatable bonds is 4. The number of carbonyl (C=O) groups is 2. The van der Waals surface area contributed by atoms with Gasteiger partial charge in [-0.3, -0.25) is 4.79 Å². The van der Waals surface area contributed by atoms with Crippen LogP contribution >= 0.6 is 15.9 Å². The van der Waals surface area contributed by atoms with Crippen molar-refractivity contribution < 1.29 is 23.5 Å². The van der Waals surface area contributed by atoms with E-state index in [9.17, 15) is 18.4 Å². The number of carbonyl (C=O) groups excluding carboxylic acids is 1. The maximum atomic E-state index is 12.8. The number of hydrogen-bond acceptors (Lipinski definition) is 2. The van der Waals surface area contributed by atoms with Crippen molar-refractivity contribution in [2.75, 3.05) is 5.33 Å². The first-order valence-corrected chi connectivity index (χ1v) is 6.85. The fourth-order valence-corrected chi connectivity index (χ4v) is 3.65. The summed E-state index contributed by atoms with van der Waals surface area (Å²) in [7, 11) is 0. The van der Waals surface area contributed by atoms with E-state index in [1.807, 2.05) is 0 Å². The van der Waals surface area contributed by atoms with Crippen LogP contribution < -0.4 is 5.32 Å². The SMILES string of the molecule is O=C(O)N[C@H](C(=O)CBr)C1CC2(C1)CC(F)(F)C2. The molecule has 0 bridgehead atoms. The van der Waals surface area contributed by atoms with Crippen LogP contribution in [0.2, 0.25) is 0 Å². The van der Waals surface area contributed by atoms with E-state index in [0.29, 0.717) is 12.8 Å². The molecule has 0 aliphatic heterocycles. The second-order valence-corrected chi connectivity index (χ2v) is 5.97. The Balaban J connectivity index is 1.91. The summed E-state index contributed by atoms with van der Waals surface area (Å²) in [5.41, 5.74) is -0.348. The topological polar surface area (TPSA) is 66.4 Å². The van der Waals surface area contributed by atoms with E-state index >= 15 is 0 Å². The van der Waals surface area contributed by atoms with Crippen LogP contribution in [0.25, 0.3) is 0 Å². The molecular weight excluding hydrogens is 312 g/mol. The Hall–Kier alpha value is -0.720. The first-order chi connectivity index (χ1) is 8.27. The molecular formula is C11H14BrF2NO3. The summed E-state index contributed by atoms with van der Waals surface area (Å²) < 4.78 is 25.7. The molecule has 0 aromatic heterocycles. The van der Waals surface area contributed by atoms with Crippen molar-refractivity contribution in [1.82, 2.24) is 5.32 Å². The van der Waals surface area contributed by atoms with Gasteiger partial charge in [-0.15, -0.1) is 0 Å². The van der Waals surface area contributed by atoms with Gasteiger partial charge in [-0.2, -0.15) is 0 Å². The van der Waals surface area contributed by atoms with Crippen LogP contribution in [0, 0.1) is 11.3 Å². The number of carboxylic acid groups (broad SMARTS) is 1. The predicted molar refractivity (Wildman–Crippen MR) is 63.1 cm³/mol. The summed E-state index contributed by atoms with van der Waals surface area (Å²) in [5, 5.41) is 10.9. The second-order valence-electron chi connectivity index (χ2n) is 5.40. The Labute approximate surface area is 111 Å². The molecule has 0 unspecified atom stereocenters. The number of Topliss-reactive ketones (excluding diaryl/α,β-unsaturated/α-hetero) is 1. The summed E-state index contributed by atoms with van der Waals surface area (Å²) in [6.45, 7) is 0. The summed E-state index contributed by atoms with van der Waals surface area (Å²) in [6, 6.07) is -0.776. The average Bonchev–Trinajstić information content (AvgIpc) is 2.17. The molecule has 0 radical (unpaired) electrons. The van der Waals surface area contributed by atoms with Gasteiger partial charge in [-0.25, -0.2) is 13.6 Å². The smallest absolute Gasteiger partial charge is 0.405 e. The molecule has 1 spiro atoms. The third kappa shape index (κ3) is 2.50. The van der Waals surface area contributed by atoms with E-state index in [1.54, 1.807) is 0 Å². The maximum Gasteiger partial charge on any atom is 0.405 e. The predicted octanol–water partition coefficient (Wildman–Crippen LogP) is 2.41. The summed E-state index contributed by atoms with van der Waals surface area (Å²) in [5.74, 6) is -2.97. The van der Waals surface area contributed by atoms with Crippen molar-refractivity contribution in [1.29, 1.82) is 0 Å². The van der Waals surface area contributed by atoms with Crippen LogP contribution in [-0.4, -0.2) is 34.3 Å². The zero-order chi connectivity index (χ0) is 13.6. The molecule has 4 nitrogen and oxygen atoms in total. The lowest BCUT2D eigenvalue weighted by molar-refractivity contribution is -0.209. The number of hydrogen-bond donors (Lipinski definition) is 2. The van der Waals surface area contributed by atoms with Gasteiger partial charge in [0.2, 0.25) is 5.92 Å². The van der Waals surface area contributed by atoms with Crippen molar-refractivity contribution in [3.8, 4) is 0 Å². The fraction of sp³-hybridized carbons (Fsp3) is 0.818. The first kappa shape index (κ1) is 13.7. The molecule has 0 saturated heterocycles. The van der Waals surface area contributed by atoms with Crippen LogP contribution in [0.4, 0.5) is 13.6 Å². The van der Waals surface area contributed by atoms with E-state index in [1.165, 1.54) is 0 Å². The third-order valence-corrected chi connectivity index (χ3v) is 4.44. The highest BCUT2D eigenvalue weighted by Gasteiger charge is 2.63. The van der Waals surface area contributed by atoms with Crippen molar-refractivity contribution in [2.45, 2.75) is 37.6 Å². The average molecular weight is 326 g/mol. The van der Waals surface area contributed by atoms with Crippen molar-refractivity contribution >= 4 is 27.8 Å². The molecule has 102 valence electrons. The maximum absolute atomic E-state index is 12.8. The number of alkyl halides is 3. The van der Waals surface area contributed by atoms with Gasteiger partial charge < -0.3 is 10.4 Å². The van der Waals surface area contributed by atoms with Gasteiger partial charge in [0.1, 0.15) is 0 Å². The molecule has 2 saturated carbocycles. The van der Waals surface area contributed by atoms with Gasteiger partial charge >= 0.3 is 6.09 Å². The zero-order valence-electron chi connectivity index (χ0n) is 9.59. The highest BCUT2D eigenvalue weighted by Crippen LogP contribution is 2.65. The van der Waals surface area contributed by atoms with Crippen LogP contribution in [0.3, 0.4) is 0 Å². The van der Waals surface area contributed by atoms with Crippen LogP contribution in [0.15, 0.2) is 0 Å². The van der Waals surface area contributed by atoms with E-state index < -0.39 is 18.1 Å². The fourth-order valence-electron chi connectivity index (χ4n) is 3.30. The molecule has 0 heterocycles. The van der Waals surface area contributed by atoms with Crippen LogP contribution in [-0.2, 0) is 4.79 Å². The Kier molecular flexibility index (Phi) is 3.38. The van der Waals surface area contributed by atoms with E-state index in [-0.39, 0.29) is 35.3 Å². The van der Waals surface area contributed by atoms with Crippen LogP contribution in [0.5, 0.6) is 0 Å². The van der Waals surface area contributed by atoms with Gasteiger partial charge in [0.05, 0.1) is 11.4 Å². The Morgan fingerprint density at radius 3 is 2.33 bits per heavy atom. The summed E-state index contributed by atoms with van der Waals surface area (Å²) in [6.07, 6.45) is -0.495. The number of amides is 1. The number of ketones is 1. The molecule has 2 fully saturated rings. The van der Waals surface area contributed by atoms with Gasteiger partial charge in [0.25, 0.3) is 0 Å². The van der Waals surface area contributed by atoms with E-state index in [4.69, 9.17) is 5.11 Å². The summed E-state index contributed by atoms with van der Waals surface area (Å²) in [4.78, 5) is 22.2. The Morgan fingerprint density at radius 2 is 1.94 bits per heavy atom. The van der Waals surface area contributed by atoms with Crippen molar-refractivity contribution in [2.24, 2.45) is 11.3 Å². The largest absolute Gasteiger partial charge is 0.465 e. The molecule has 2 aliphatic carbocycles. The second kappa shape index (κ2) is 4.43. The normalized spacial score (nSPS) is 25.9. The van der Waals surface area contributed by atoms with Crippen molar-refractivity contribution in [3.05, 3.63) is 0 Å². The third-order valence-electron chi connectivity index (χ3n) is 3.89. The number of nitrogens with one attached hydrogen (secondary N) is 1. The molecule has 1 atom stereocenters. The lowest BCUT2D eigenvalue weighted by atomic mass is 9.49. The van der Waals surface area contributed by atoms with Gasteiger partial charge in [-0.05, 0) is 24.2 Å². The zero-order valence-corrected chi connectivity index (χ0v) is 11.2. The lowest BCUT2D eigenvalue weighted by Gasteiger charge is -2.58. The van der Waals surface area contributed by atoms with E-state index in [2.05, 4.69) is 21.2 Å². The van der Waals surface area contributed by atoms with Gasteiger partial charge in [0, 0.05) is 12.8 Å². The highest BCUT2D eigenvalue weighted by atomic mass is 79.9. The van der Waals surface area contributed by atoms with Crippen LogP contribution in [0.1, 0.15) is 25.7 Å². The monoisotopic (exact) mass is 325 g/mol. The van der Waals surface area contributed by atoms with Gasteiger partial charge in [0.15, 0.2) is 5.78 Å². The van der Waals surface area contributed by atoms with E-state index in [0.717, 1.165) is 0 Å². The first-order valence-electron chi connectivity index (χ1n) is 5.73. The molecule has 7 heteroatoms. The Morgan fingerprint density at radius 1 is 1.39 bits per heavy atom. The molecule has 2 rings (SSSR count). The standard InChI is InChI=1S/C11H14BrF2NO3/c12-3-7(16)8(15-9(17)18)6-1-10(2-6)4-11(13,14)5-10/h6,8,15H,1-5H2,(H,17,18)/t8-/m0/s1. The quantitative estimate of drug-likeness (QED) is 0.780. The molecule has 2 N–H and O–H groups in total. The minimum Gasteiger partial charge on any atom is -0.465 e. The van der Waals surface area contributed by atoms with Gasteiger partial charge in [-0.1, -0.05) is 15.9 Å². The molecule has 2 aliphatic rings. The molecule has 18 heavy (non-hydrogen) atoms. The lowest BCUT2D eigenvalue weighted by Crippen LogP contribution is -2.59. The molecule has 1 amide bonds. The molecule has 0 aromatic carbocycles. The minimum atomic E-state index is -2.57. The Bertz CT molecular complexity index is 372. The highest BCUT2D eigenvalue weighted by molar-refractivity contribution is 9.09. The number of halogens is 3.